The number of anilines is 1. The number of amides is 1. The van der Waals surface area contributed by atoms with Crippen LogP contribution in [0.5, 0.6) is 17.2 Å². The fourth-order valence-electron chi connectivity index (χ4n) is 4.83. The highest BCUT2D eigenvalue weighted by molar-refractivity contribution is 7.17. The van der Waals surface area contributed by atoms with Gasteiger partial charge in [-0.25, -0.2) is 9.78 Å². The number of hydrogen-bond donors (Lipinski definition) is 2. The van der Waals surface area contributed by atoms with Crippen LogP contribution in [0.2, 0.25) is 0 Å². The van der Waals surface area contributed by atoms with Crippen LogP contribution in [0.15, 0.2) is 72.3 Å². The molecule has 1 fully saturated rings. The Labute approximate surface area is 251 Å². The number of hydrogen-bond acceptors (Lipinski definition) is 10. The summed E-state index contributed by atoms with van der Waals surface area (Å²) in [4.78, 5) is 45.1. The number of phenols is 1. The van der Waals surface area contributed by atoms with Gasteiger partial charge in [0.15, 0.2) is 16.6 Å². The molecule has 1 aromatic heterocycles. The number of aromatic hydroxyl groups is 1. The molecule has 1 amide bonds. The Morgan fingerprint density at radius 3 is 2.42 bits per heavy atom. The van der Waals surface area contributed by atoms with Gasteiger partial charge in [0.2, 0.25) is 0 Å². The third-order valence-electron chi connectivity index (χ3n) is 7.01. The Bertz CT molecular complexity index is 1760. The highest BCUT2D eigenvalue weighted by Crippen LogP contribution is 2.45. The average molecular weight is 601 g/mol. The maximum absolute atomic E-state index is 13.6. The molecule has 0 radical (unpaired) electrons. The number of aliphatic hydroxyl groups is 1. The van der Waals surface area contributed by atoms with Gasteiger partial charge in [-0.05, 0) is 60.9 Å². The van der Waals surface area contributed by atoms with E-state index in [0.717, 1.165) is 21.8 Å². The third-order valence-corrected chi connectivity index (χ3v) is 8.15. The van der Waals surface area contributed by atoms with Gasteiger partial charge in [-0.1, -0.05) is 47.7 Å². The lowest BCUT2D eigenvalue weighted by Gasteiger charge is -2.23. The van der Waals surface area contributed by atoms with Crippen LogP contribution in [-0.2, 0) is 20.9 Å². The molecule has 0 saturated carbocycles. The van der Waals surface area contributed by atoms with Gasteiger partial charge in [-0.3, -0.25) is 14.5 Å². The van der Waals surface area contributed by atoms with E-state index in [2.05, 4.69) is 4.98 Å². The number of ether oxygens (including phenoxy) is 3. The minimum Gasteiger partial charge on any atom is -0.507 e. The molecule has 3 aromatic carbocycles. The molecular formula is C32H28N2O8S. The molecule has 220 valence electrons. The van der Waals surface area contributed by atoms with E-state index in [1.54, 1.807) is 25.1 Å². The topological polar surface area (TPSA) is 135 Å². The van der Waals surface area contributed by atoms with Crippen molar-refractivity contribution in [3.8, 4) is 17.2 Å². The lowest BCUT2D eigenvalue weighted by Crippen LogP contribution is -2.29. The first-order valence-electron chi connectivity index (χ1n) is 13.2. The fourth-order valence-corrected chi connectivity index (χ4v) is 5.84. The maximum Gasteiger partial charge on any atom is 0.350 e. The highest BCUT2D eigenvalue weighted by atomic mass is 32.1. The van der Waals surface area contributed by atoms with E-state index in [9.17, 15) is 24.6 Å². The van der Waals surface area contributed by atoms with Crippen molar-refractivity contribution in [2.75, 3.05) is 19.1 Å². The number of aromatic nitrogens is 1. The predicted octanol–water partition coefficient (Wildman–Crippen LogP) is 5.47. The zero-order valence-electron chi connectivity index (χ0n) is 23.8. The van der Waals surface area contributed by atoms with Crippen molar-refractivity contribution in [1.82, 2.24) is 4.98 Å². The number of thiazole rings is 1. The van der Waals surface area contributed by atoms with E-state index in [0.29, 0.717) is 34.7 Å². The van der Waals surface area contributed by atoms with Gasteiger partial charge in [0, 0.05) is 5.56 Å². The quantitative estimate of drug-likeness (QED) is 0.117. The van der Waals surface area contributed by atoms with E-state index in [4.69, 9.17) is 14.2 Å². The lowest BCUT2D eigenvalue weighted by atomic mass is 9.94. The smallest absolute Gasteiger partial charge is 0.350 e. The fraction of sp³-hybridized carbons (Fsp3) is 0.188. The van der Waals surface area contributed by atoms with Crippen molar-refractivity contribution in [2.24, 2.45) is 0 Å². The summed E-state index contributed by atoms with van der Waals surface area (Å²) < 4.78 is 16.1. The predicted molar refractivity (Wildman–Crippen MR) is 160 cm³/mol. The van der Waals surface area contributed by atoms with E-state index < -0.39 is 29.5 Å². The summed E-state index contributed by atoms with van der Waals surface area (Å²) in [5.41, 5.74) is 2.48. The molecule has 0 bridgehead atoms. The molecule has 1 saturated heterocycles. The summed E-state index contributed by atoms with van der Waals surface area (Å²) in [5, 5.41) is 21.8. The van der Waals surface area contributed by atoms with Crippen LogP contribution in [0.3, 0.4) is 0 Å². The van der Waals surface area contributed by atoms with Crippen molar-refractivity contribution < 1.29 is 38.8 Å². The maximum atomic E-state index is 13.6. The van der Waals surface area contributed by atoms with E-state index in [1.165, 1.54) is 32.4 Å². The van der Waals surface area contributed by atoms with Crippen molar-refractivity contribution in [1.29, 1.82) is 0 Å². The first kappa shape index (κ1) is 29.3. The number of nitrogens with zero attached hydrogens (tertiary/aromatic N) is 2. The number of carbonyl (C=O) groups excluding carboxylic acids is 3. The first-order valence-corrected chi connectivity index (χ1v) is 14.0. The minimum atomic E-state index is -1.15. The molecular weight excluding hydrogens is 572 g/mol. The standard InChI is InChI=1S/C32H28N2O8S/c1-17-14-21(11-13-23(17)42-16-19-8-6-5-7-9-19)27(36)25-26(20-10-12-22(35)24(15-20)40-3)34(30(38)28(25)37)32-33-18(2)29(43-32)31(39)41-4/h5-15,26,35-36H,16H2,1-4H3/t26-/m0/s1. The molecule has 2 heterocycles. The number of methoxy groups -OCH3 is 2. The van der Waals surface area contributed by atoms with Gasteiger partial charge >= 0.3 is 11.9 Å². The zero-order valence-corrected chi connectivity index (χ0v) is 24.6. The van der Waals surface area contributed by atoms with Gasteiger partial charge < -0.3 is 24.4 Å². The summed E-state index contributed by atoms with van der Waals surface area (Å²) in [6.45, 7) is 3.75. The Morgan fingerprint density at radius 1 is 1.00 bits per heavy atom. The number of benzene rings is 3. The Hall–Kier alpha value is -5.16. The molecule has 1 aliphatic rings. The Morgan fingerprint density at radius 2 is 1.74 bits per heavy atom. The Kier molecular flexibility index (Phi) is 8.18. The van der Waals surface area contributed by atoms with Crippen molar-refractivity contribution in [3.05, 3.63) is 105 Å². The van der Waals surface area contributed by atoms with Crippen LogP contribution in [0.25, 0.3) is 5.76 Å². The molecule has 4 aromatic rings. The number of ketones is 1. The molecule has 1 atom stereocenters. The van der Waals surface area contributed by atoms with Crippen LogP contribution in [0.1, 0.15) is 43.7 Å². The minimum absolute atomic E-state index is 0.0666. The SMILES string of the molecule is COC(=O)c1sc(N2C(=O)C(=O)C(=C(O)c3ccc(OCc4ccccc4)c(C)c3)[C@@H]2c2ccc(O)c(OC)c2)nc1C. The average Bonchev–Trinajstić information content (AvgIpc) is 3.52. The zero-order chi connectivity index (χ0) is 30.8. The molecule has 10 nitrogen and oxygen atoms in total. The number of carbonyl (C=O) groups is 3. The number of esters is 1. The van der Waals surface area contributed by atoms with Crippen LogP contribution < -0.4 is 14.4 Å². The summed E-state index contributed by atoms with van der Waals surface area (Å²) >= 11 is 0.890. The monoisotopic (exact) mass is 600 g/mol. The molecule has 5 rings (SSSR count). The lowest BCUT2D eigenvalue weighted by molar-refractivity contribution is -0.132. The molecule has 0 aliphatic carbocycles. The molecule has 11 heteroatoms. The molecule has 0 spiro atoms. The van der Waals surface area contributed by atoms with Gasteiger partial charge in [-0.2, -0.15) is 0 Å². The number of rotatable bonds is 8. The largest absolute Gasteiger partial charge is 0.507 e. The second-order valence-electron chi connectivity index (χ2n) is 9.76. The Balaban J connectivity index is 1.60. The van der Waals surface area contributed by atoms with E-state index >= 15 is 0 Å². The summed E-state index contributed by atoms with van der Waals surface area (Å²) in [6, 6.07) is 17.8. The van der Waals surface area contributed by atoms with Gasteiger partial charge in [0.1, 0.15) is 23.0 Å². The first-order chi connectivity index (χ1) is 20.6. The molecule has 0 unspecified atom stereocenters. The molecule has 2 N–H and O–H groups in total. The third kappa shape index (κ3) is 5.54. The highest BCUT2D eigenvalue weighted by Gasteiger charge is 2.48. The second-order valence-corrected chi connectivity index (χ2v) is 10.7. The van der Waals surface area contributed by atoms with Gasteiger partial charge in [0.05, 0.1) is 31.5 Å². The summed E-state index contributed by atoms with van der Waals surface area (Å²) in [7, 11) is 2.60. The molecule has 1 aliphatic heterocycles. The van der Waals surface area contributed by atoms with E-state index in [1.807, 2.05) is 37.3 Å². The number of phenolic OH excluding ortho intramolecular Hbond substituents is 1. The van der Waals surface area contributed by atoms with E-state index in [-0.39, 0.29) is 27.1 Å². The summed E-state index contributed by atoms with van der Waals surface area (Å²) in [5.74, 6) is -2.38. The second kappa shape index (κ2) is 12.0. The number of aryl methyl sites for hydroxylation is 2. The van der Waals surface area contributed by atoms with Crippen LogP contribution >= 0.6 is 11.3 Å². The van der Waals surface area contributed by atoms with Crippen LogP contribution in [-0.4, -0.2) is 47.1 Å². The van der Waals surface area contributed by atoms with Crippen molar-refractivity contribution in [3.63, 3.8) is 0 Å². The van der Waals surface area contributed by atoms with Gasteiger partial charge in [-0.15, -0.1) is 0 Å². The van der Waals surface area contributed by atoms with Crippen molar-refractivity contribution >= 4 is 39.9 Å². The van der Waals surface area contributed by atoms with Crippen molar-refractivity contribution in [2.45, 2.75) is 26.5 Å². The summed E-state index contributed by atoms with van der Waals surface area (Å²) in [6.07, 6.45) is 0. The number of aliphatic hydroxyl groups excluding tert-OH is 1. The molecule has 43 heavy (non-hydrogen) atoms. The normalized spacial score (nSPS) is 15.9. The number of Topliss-reactive ketones (excluding diaryl/α,β-unsaturated/α-hetero) is 1. The van der Waals surface area contributed by atoms with Crippen LogP contribution in [0.4, 0.5) is 5.13 Å². The van der Waals surface area contributed by atoms with Crippen LogP contribution in [0, 0.1) is 13.8 Å². The van der Waals surface area contributed by atoms with Gasteiger partial charge in [0.25, 0.3) is 5.78 Å².